The lowest BCUT2D eigenvalue weighted by Gasteiger charge is -2.24. The summed E-state index contributed by atoms with van der Waals surface area (Å²) in [6, 6.07) is 3.56. The van der Waals surface area contributed by atoms with Gasteiger partial charge in [-0.15, -0.1) is 0 Å². The molecule has 7 heteroatoms. The molecule has 0 aromatic heterocycles. The molecule has 2 rings (SSSR count). The van der Waals surface area contributed by atoms with E-state index in [-0.39, 0.29) is 17.1 Å². The van der Waals surface area contributed by atoms with E-state index in [4.69, 9.17) is 11.6 Å². The van der Waals surface area contributed by atoms with Gasteiger partial charge in [-0.1, -0.05) is 29.8 Å². The molecule has 0 spiro atoms. The number of aliphatic hydroxyl groups is 1. The molecule has 1 atom stereocenters. The predicted molar refractivity (Wildman–Crippen MR) is 77.8 cm³/mol. The van der Waals surface area contributed by atoms with Crippen LogP contribution < -0.4 is 5.32 Å². The number of benzene rings is 1. The van der Waals surface area contributed by atoms with Gasteiger partial charge in [0.15, 0.2) is 6.10 Å². The summed E-state index contributed by atoms with van der Waals surface area (Å²) in [5.41, 5.74) is -1.32. The number of aliphatic carboxylic acids is 1. The first-order chi connectivity index (χ1) is 10.4. The minimum Gasteiger partial charge on any atom is -0.481 e. The largest absolute Gasteiger partial charge is 0.481 e. The van der Waals surface area contributed by atoms with Crippen LogP contribution in [-0.2, 0) is 9.59 Å². The second-order valence-corrected chi connectivity index (χ2v) is 5.69. The minimum absolute atomic E-state index is 0.138. The number of nitrogens with one attached hydrogen (secondary N) is 1. The molecule has 22 heavy (non-hydrogen) atoms. The van der Waals surface area contributed by atoms with Crippen LogP contribution in [0.4, 0.5) is 4.39 Å². The molecule has 0 fully saturated rings. The van der Waals surface area contributed by atoms with Gasteiger partial charge in [-0.2, -0.15) is 0 Å². The number of rotatable bonds is 5. The summed E-state index contributed by atoms with van der Waals surface area (Å²) in [6.07, 6.45) is 2.34. The van der Waals surface area contributed by atoms with E-state index in [0.29, 0.717) is 12.8 Å². The molecular formula is C15H15ClFNO4. The molecule has 1 amide bonds. The smallest absolute Gasteiger partial charge is 0.312 e. The third-order valence-electron chi connectivity index (χ3n) is 3.74. The van der Waals surface area contributed by atoms with Crippen molar-refractivity contribution in [2.75, 3.05) is 6.54 Å². The van der Waals surface area contributed by atoms with Gasteiger partial charge in [0.05, 0.1) is 5.41 Å². The lowest BCUT2D eigenvalue weighted by molar-refractivity contribution is -0.148. The first-order valence-electron chi connectivity index (χ1n) is 6.65. The molecular weight excluding hydrogens is 313 g/mol. The molecule has 0 saturated carbocycles. The predicted octanol–water partition coefficient (Wildman–Crippen LogP) is 2.05. The van der Waals surface area contributed by atoms with Crippen molar-refractivity contribution in [3.8, 4) is 0 Å². The van der Waals surface area contributed by atoms with Crippen molar-refractivity contribution in [2.45, 2.75) is 18.9 Å². The van der Waals surface area contributed by atoms with E-state index in [1.165, 1.54) is 12.1 Å². The van der Waals surface area contributed by atoms with Crippen molar-refractivity contribution in [3.05, 3.63) is 46.8 Å². The Morgan fingerprint density at radius 2 is 2.00 bits per heavy atom. The number of halogens is 2. The van der Waals surface area contributed by atoms with E-state index < -0.39 is 29.2 Å². The minimum atomic E-state index is -1.72. The molecule has 0 heterocycles. The maximum atomic E-state index is 13.7. The number of hydrogen-bond donors (Lipinski definition) is 3. The quantitative estimate of drug-likeness (QED) is 0.722. The summed E-state index contributed by atoms with van der Waals surface area (Å²) in [5.74, 6) is -2.68. The second-order valence-electron chi connectivity index (χ2n) is 5.25. The van der Waals surface area contributed by atoms with Crippen LogP contribution in [0.5, 0.6) is 0 Å². The summed E-state index contributed by atoms with van der Waals surface area (Å²) in [7, 11) is 0. The van der Waals surface area contributed by atoms with E-state index in [1.54, 1.807) is 12.2 Å². The Morgan fingerprint density at radius 3 is 2.55 bits per heavy atom. The molecule has 5 nitrogen and oxygen atoms in total. The fraction of sp³-hybridized carbons (Fsp3) is 0.333. The molecule has 1 aromatic carbocycles. The van der Waals surface area contributed by atoms with Gasteiger partial charge in [-0.25, -0.2) is 4.39 Å². The highest BCUT2D eigenvalue weighted by atomic mass is 35.5. The zero-order valence-electron chi connectivity index (χ0n) is 11.6. The van der Waals surface area contributed by atoms with Gasteiger partial charge in [-0.3, -0.25) is 9.59 Å². The topological polar surface area (TPSA) is 86.6 Å². The van der Waals surface area contributed by atoms with Crippen LogP contribution in [0.15, 0.2) is 30.4 Å². The summed E-state index contributed by atoms with van der Waals surface area (Å²) >= 11 is 5.61. The Balaban J connectivity index is 2.04. The summed E-state index contributed by atoms with van der Waals surface area (Å²) in [6.45, 7) is -0.138. The Morgan fingerprint density at radius 1 is 1.36 bits per heavy atom. The first kappa shape index (κ1) is 16.5. The van der Waals surface area contributed by atoms with E-state index in [0.717, 1.165) is 6.07 Å². The number of carboxylic acids is 1. The Hall–Kier alpha value is -1.92. The Bertz CT molecular complexity index is 624. The van der Waals surface area contributed by atoms with Crippen LogP contribution in [0.2, 0.25) is 5.02 Å². The van der Waals surface area contributed by atoms with Gasteiger partial charge >= 0.3 is 5.97 Å². The average molecular weight is 328 g/mol. The summed E-state index contributed by atoms with van der Waals surface area (Å²) in [4.78, 5) is 23.3. The highest BCUT2D eigenvalue weighted by molar-refractivity contribution is 6.30. The van der Waals surface area contributed by atoms with Gasteiger partial charge in [0, 0.05) is 17.1 Å². The third kappa shape index (κ3) is 3.28. The number of aliphatic hydroxyl groups excluding tert-OH is 1. The number of carboxylic acid groups (broad SMARTS) is 1. The monoisotopic (exact) mass is 327 g/mol. The molecule has 0 radical (unpaired) electrons. The molecule has 0 aliphatic heterocycles. The molecule has 1 unspecified atom stereocenters. The molecule has 118 valence electrons. The van der Waals surface area contributed by atoms with Crippen molar-refractivity contribution in [3.63, 3.8) is 0 Å². The van der Waals surface area contributed by atoms with Gasteiger partial charge in [0.25, 0.3) is 5.91 Å². The van der Waals surface area contributed by atoms with Gasteiger partial charge in [-0.05, 0) is 25.0 Å². The molecule has 1 aliphatic carbocycles. The van der Waals surface area contributed by atoms with Crippen molar-refractivity contribution in [2.24, 2.45) is 5.41 Å². The number of carbonyl (C=O) groups is 2. The molecule has 0 saturated heterocycles. The number of amides is 1. The van der Waals surface area contributed by atoms with Crippen LogP contribution in [-0.4, -0.2) is 28.6 Å². The maximum Gasteiger partial charge on any atom is 0.312 e. The lowest BCUT2D eigenvalue weighted by atomic mass is 9.85. The van der Waals surface area contributed by atoms with Gasteiger partial charge in [0.1, 0.15) is 5.82 Å². The summed E-state index contributed by atoms with van der Waals surface area (Å²) in [5, 5.41) is 21.7. The van der Waals surface area contributed by atoms with E-state index in [9.17, 15) is 24.2 Å². The summed E-state index contributed by atoms with van der Waals surface area (Å²) < 4.78 is 13.7. The van der Waals surface area contributed by atoms with Crippen molar-refractivity contribution in [1.82, 2.24) is 5.32 Å². The lowest BCUT2D eigenvalue weighted by Crippen LogP contribution is -2.43. The molecule has 0 bridgehead atoms. The van der Waals surface area contributed by atoms with Crippen molar-refractivity contribution < 1.29 is 24.2 Å². The molecule has 3 N–H and O–H groups in total. The van der Waals surface area contributed by atoms with Crippen LogP contribution in [0.25, 0.3) is 0 Å². The van der Waals surface area contributed by atoms with E-state index >= 15 is 0 Å². The Kier molecular flexibility index (Phi) is 4.83. The zero-order chi connectivity index (χ0) is 16.3. The molecule has 1 aromatic rings. The SMILES string of the molecule is O=C(NCC1(C(=O)O)CC=CC1)C(O)c1ccc(Cl)cc1F. The average Bonchev–Trinajstić information content (AvgIpc) is 2.94. The Labute approximate surface area is 131 Å². The number of carbonyl (C=O) groups excluding carboxylic acids is 1. The van der Waals surface area contributed by atoms with Crippen LogP contribution in [0.1, 0.15) is 24.5 Å². The van der Waals surface area contributed by atoms with Crippen LogP contribution >= 0.6 is 11.6 Å². The second kappa shape index (κ2) is 6.46. The van der Waals surface area contributed by atoms with Crippen molar-refractivity contribution >= 4 is 23.5 Å². The van der Waals surface area contributed by atoms with Gasteiger partial charge in [0.2, 0.25) is 0 Å². The van der Waals surface area contributed by atoms with E-state index in [1.807, 2.05) is 0 Å². The fourth-order valence-corrected chi connectivity index (χ4v) is 2.47. The normalized spacial score (nSPS) is 17.2. The maximum absolute atomic E-state index is 13.7. The highest BCUT2D eigenvalue weighted by Gasteiger charge is 2.39. The van der Waals surface area contributed by atoms with Crippen molar-refractivity contribution in [1.29, 1.82) is 0 Å². The fourth-order valence-electron chi connectivity index (χ4n) is 2.31. The number of allylic oxidation sites excluding steroid dienone is 2. The first-order valence-corrected chi connectivity index (χ1v) is 7.03. The number of hydrogen-bond acceptors (Lipinski definition) is 3. The van der Waals surface area contributed by atoms with Crippen LogP contribution in [0, 0.1) is 11.2 Å². The third-order valence-corrected chi connectivity index (χ3v) is 3.98. The molecule has 1 aliphatic rings. The van der Waals surface area contributed by atoms with Gasteiger partial charge < -0.3 is 15.5 Å². The highest BCUT2D eigenvalue weighted by Crippen LogP contribution is 2.33. The standard InChI is InChI=1S/C15H15ClFNO4/c16-9-3-4-10(11(17)7-9)12(19)13(20)18-8-15(14(21)22)5-1-2-6-15/h1-4,7,12,19H,5-6,8H2,(H,18,20)(H,21,22). The van der Waals surface area contributed by atoms with E-state index in [2.05, 4.69) is 5.32 Å². The zero-order valence-corrected chi connectivity index (χ0v) is 12.3. The van der Waals surface area contributed by atoms with Crippen LogP contribution in [0.3, 0.4) is 0 Å².